The van der Waals surface area contributed by atoms with Gasteiger partial charge in [0.15, 0.2) is 5.78 Å². The van der Waals surface area contributed by atoms with Gasteiger partial charge >= 0.3 is 0 Å². The van der Waals surface area contributed by atoms with Crippen LogP contribution in [-0.4, -0.2) is 10.8 Å². The van der Waals surface area contributed by atoms with Crippen LogP contribution in [0.2, 0.25) is 10.0 Å². The Morgan fingerprint density at radius 3 is 2.40 bits per heavy atom. The number of carbonyl (C=O) groups excluding carboxylic acids is 1. The topological polar surface area (TPSA) is 30.0 Å². The zero-order chi connectivity index (χ0) is 20.7. The first-order valence-corrected chi connectivity index (χ1v) is 10.5. The lowest BCUT2D eigenvalue weighted by molar-refractivity contribution is 0.102. The van der Waals surface area contributed by atoms with Crippen molar-refractivity contribution in [1.82, 2.24) is 4.98 Å². The van der Waals surface area contributed by atoms with Gasteiger partial charge in [-0.2, -0.15) is 0 Å². The molecule has 3 aromatic carbocycles. The summed E-state index contributed by atoms with van der Waals surface area (Å²) in [5, 5.41) is 2.15. The van der Waals surface area contributed by atoms with Gasteiger partial charge in [-0.05, 0) is 54.3 Å². The number of fused-ring (bicyclic) bond motifs is 2. The minimum atomic E-state index is 0.00407. The summed E-state index contributed by atoms with van der Waals surface area (Å²) in [6, 6.07) is 23.2. The van der Waals surface area contributed by atoms with Gasteiger partial charge in [-0.15, -0.1) is 0 Å². The standard InChI is InChI=1S/C26H17Cl2NO/c27-19-11-13-22-20(15-19)24(16-6-2-1-3-7-16)25-23(29-22)12-10-18(26(25)30)14-17-8-4-5-9-21(17)28/h1-9,11,13-15H,10,12H2/b18-14-. The monoisotopic (exact) mass is 429 g/mol. The third-order valence-corrected chi connectivity index (χ3v) is 6.05. The van der Waals surface area contributed by atoms with E-state index >= 15 is 0 Å². The highest BCUT2D eigenvalue weighted by Gasteiger charge is 2.28. The molecule has 1 aliphatic carbocycles. The Morgan fingerprint density at radius 1 is 0.833 bits per heavy atom. The molecule has 0 aliphatic heterocycles. The number of Topliss-reactive ketones (excluding diaryl/α,β-unsaturated/α-hetero) is 1. The van der Waals surface area contributed by atoms with Gasteiger partial charge in [-0.25, -0.2) is 0 Å². The SMILES string of the molecule is O=C1/C(=C\c2ccccc2Cl)CCc2nc3ccc(Cl)cc3c(-c3ccccc3)c21. The van der Waals surface area contributed by atoms with Crippen molar-refractivity contribution in [3.05, 3.63) is 105 Å². The fourth-order valence-corrected chi connectivity index (χ4v) is 4.42. The van der Waals surface area contributed by atoms with E-state index < -0.39 is 0 Å². The van der Waals surface area contributed by atoms with Crippen molar-refractivity contribution in [1.29, 1.82) is 0 Å². The van der Waals surface area contributed by atoms with Crippen molar-refractivity contribution >= 4 is 46.0 Å². The molecule has 0 spiro atoms. The Hall–Kier alpha value is -2.94. The zero-order valence-electron chi connectivity index (χ0n) is 16.0. The predicted molar refractivity (Wildman–Crippen MR) is 124 cm³/mol. The van der Waals surface area contributed by atoms with Gasteiger partial charge in [0.2, 0.25) is 0 Å². The van der Waals surface area contributed by atoms with E-state index in [1.54, 1.807) is 0 Å². The van der Waals surface area contributed by atoms with Gasteiger partial charge in [0.25, 0.3) is 0 Å². The largest absolute Gasteiger partial charge is 0.289 e. The lowest BCUT2D eigenvalue weighted by Gasteiger charge is -2.22. The second kappa shape index (κ2) is 7.71. The number of rotatable bonds is 2. The highest BCUT2D eigenvalue weighted by molar-refractivity contribution is 6.32. The van der Waals surface area contributed by atoms with Crippen LogP contribution < -0.4 is 0 Å². The molecule has 0 atom stereocenters. The first-order valence-electron chi connectivity index (χ1n) is 9.79. The molecule has 0 saturated heterocycles. The molecule has 30 heavy (non-hydrogen) atoms. The summed E-state index contributed by atoms with van der Waals surface area (Å²) in [7, 11) is 0. The maximum atomic E-state index is 13.7. The molecule has 0 amide bonds. The normalized spacial score (nSPS) is 14.9. The number of ketones is 1. The number of halogens is 2. The quantitative estimate of drug-likeness (QED) is 0.310. The third-order valence-electron chi connectivity index (χ3n) is 5.47. The van der Waals surface area contributed by atoms with Crippen LogP contribution in [-0.2, 0) is 6.42 Å². The average molecular weight is 430 g/mol. The van der Waals surface area contributed by atoms with Gasteiger partial charge in [0.1, 0.15) is 0 Å². The number of nitrogens with zero attached hydrogens (tertiary/aromatic N) is 1. The average Bonchev–Trinajstić information content (AvgIpc) is 2.76. The summed E-state index contributed by atoms with van der Waals surface area (Å²) in [5.41, 5.74) is 5.83. The third kappa shape index (κ3) is 3.32. The first-order chi connectivity index (χ1) is 14.6. The van der Waals surface area contributed by atoms with Crippen molar-refractivity contribution in [3.63, 3.8) is 0 Å². The predicted octanol–water partition coefficient (Wildman–Crippen LogP) is 7.42. The lowest BCUT2D eigenvalue weighted by atomic mass is 9.83. The minimum absolute atomic E-state index is 0.00407. The number of pyridine rings is 1. The van der Waals surface area contributed by atoms with Crippen LogP contribution >= 0.6 is 23.2 Å². The van der Waals surface area contributed by atoms with E-state index in [1.807, 2.05) is 78.9 Å². The number of allylic oxidation sites excluding steroid dienone is 1. The molecule has 146 valence electrons. The van der Waals surface area contributed by atoms with E-state index in [0.29, 0.717) is 28.5 Å². The van der Waals surface area contributed by atoms with Crippen molar-refractivity contribution in [3.8, 4) is 11.1 Å². The maximum absolute atomic E-state index is 13.7. The van der Waals surface area contributed by atoms with Crippen LogP contribution in [0.1, 0.15) is 28.0 Å². The number of aryl methyl sites for hydroxylation is 1. The molecule has 4 aromatic rings. The molecule has 1 aromatic heterocycles. The lowest BCUT2D eigenvalue weighted by Crippen LogP contribution is -2.17. The van der Waals surface area contributed by atoms with Crippen LogP contribution in [0, 0.1) is 0 Å². The number of aromatic nitrogens is 1. The van der Waals surface area contributed by atoms with Crippen molar-refractivity contribution in [2.24, 2.45) is 0 Å². The van der Waals surface area contributed by atoms with Gasteiger partial charge < -0.3 is 0 Å². The second-order valence-corrected chi connectivity index (χ2v) is 8.20. The van der Waals surface area contributed by atoms with Crippen LogP contribution in [0.25, 0.3) is 28.1 Å². The summed E-state index contributed by atoms with van der Waals surface area (Å²) in [6.07, 6.45) is 3.25. The van der Waals surface area contributed by atoms with Crippen molar-refractivity contribution < 1.29 is 4.79 Å². The molecule has 1 aliphatic rings. The maximum Gasteiger partial charge on any atom is 0.191 e. The van der Waals surface area contributed by atoms with E-state index in [2.05, 4.69) is 0 Å². The molecular weight excluding hydrogens is 413 g/mol. The highest BCUT2D eigenvalue weighted by atomic mass is 35.5. The number of carbonyl (C=O) groups is 1. The number of benzene rings is 3. The Balaban J connectivity index is 1.77. The van der Waals surface area contributed by atoms with Gasteiger partial charge in [0, 0.05) is 26.6 Å². The van der Waals surface area contributed by atoms with Gasteiger partial charge in [-0.1, -0.05) is 71.7 Å². The molecule has 2 nitrogen and oxygen atoms in total. The molecule has 0 fully saturated rings. The Bertz CT molecular complexity index is 1330. The first kappa shape index (κ1) is 19.0. The van der Waals surface area contributed by atoms with Crippen molar-refractivity contribution in [2.75, 3.05) is 0 Å². The summed E-state index contributed by atoms with van der Waals surface area (Å²) in [4.78, 5) is 18.5. The number of hydrogen-bond acceptors (Lipinski definition) is 2. The minimum Gasteiger partial charge on any atom is -0.289 e. The summed E-state index contributed by atoms with van der Waals surface area (Å²) >= 11 is 12.6. The molecule has 0 saturated carbocycles. The Kier molecular flexibility index (Phi) is 4.90. The molecular formula is C26H17Cl2NO. The fraction of sp³-hybridized carbons (Fsp3) is 0.0769. The molecule has 5 rings (SSSR count). The molecule has 0 N–H and O–H groups in total. The summed E-state index contributed by atoms with van der Waals surface area (Å²) in [5.74, 6) is 0.00407. The van der Waals surface area contributed by atoms with E-state index in [0.717, 1.165) is 38.9 Å². The molecule has 0 bridgehead atoms. The van der Waals surface area contributed by atoms with Gasteiger partial charge in [-0.3, -0.25) is 9.78 Å². The van der Waals surface area contributed by atoms with E-state index in [-0.39, 0.29) is 5.78 Å². The summed E-state index contributed by atoms with van der Waals surface area (Å²) in [6.45, 7) is 0. The Labute approximate surface area is 184 Å². The smallest absolute Gasteiger partial charge is 0.191 e. The molecule has 4 heteroatoms. The van der Waals surface area contributed by atoms with Crippen molar-refractivity contribution in [2.45, 2.75) is 12.8 Å². The van der Waals surface area contributed by atoms with E-state index in [9.17, 15) is 4.79 Å². The zero-order valence-corrected chi connectivity index (χ0v) is 17.5. The van der Waals surface area contributed by atoms with Crippen LogP contribution in [0.4, 0.5) is 0 Å². The van der Waals surface area contributed by atoms with Crippen LogP contribution in [0.5, 0.6) is 0 Å². The van der Waals surface area contributed by atoms with Crippen LogP contribution in [0.3, 0.4) is 0 Å². The van der Waals surface area contributed by atoms with Crippen LogP contribution in [0.15, 0.2) is 78.4 Å². The molecule has 0 radical (unpaired) electrons. The van der Waals surface area contributed by atoms with Gasteiger partial charge in [0.05, 0.1) is 16.8 Å². The fourth-order valence-electron chi connectivity index (χ4n) is 4.06. The van der Waals surface area contributed by atoms with E-state index in [1.165, 1.54) is 0 Å². The second-order valence-electron chi connectivity index (χ2n) is 7.36. The molecule has 1 heterocycles. The highest BCUT2D eigenvalue weighted by Crippen LogP contribution is 2.39. The summed E-state index contributed by atoms with van der Waals surface area (Å²) < 4.78 is 0. The molecule has 0 unspecified atom stereocenters. The Morgan fingerprint density at radius 2 is 1.60 bits per heavy atom. The number of hydrogen-bond donors (Lipinski definition) is 0. The van der Waals surface area contributed by atoms with E-state index in [4.69, 9.17) is 28.2 Å².